The van der Waals surface area contributed by atoms with Gasteiger partial charge in [-0.15, -0.1) is 0 Å². The van der Waals surface area contributed by atoms with E-state index in [2.05, 4.69) is 26.6 Å². The number of rotatable bonds is 18. The van der Waals surface area contributed by atoms with Crippen molar-refractivity contribution in [2.75, 3.05) is 19.7 Å². The van der Waals surface area contributed by atoms with Gasteiger partial charge in [0.1, 0.15) is 18.1 Å². The Kier molecular flexibility index (Phi) is 16.0. The maximum Gasteiger partial charge on any atom is 0.326 e. The number of hydrogen-bond acceptors (Lipinski definition) is 9. The summed E-state index contributed by atoms with van der Waals surface area (Å²) >= 11 is 0. The maximum absolute atomic E-state index is 12.7. The monoisotopic (exact) mass is 560 g/mol. The number of carbonyl (C=O) groups excluding carboxylic acids is 5. The molecule has 0 saturated heterocycles. The first-order valence-corrected chi connectivity index (χ1v) is 12.4. The minimum atomic E-state index is -1.58. The minimum Gasteiger partial charge on any atom is -0.481 e. The molecule has 222 valence electrons. The van der Waals surface area contributed by atoms with Crippen LogP contribution < -0.4 is 32.3 Å². The first-order valence-electron chi connectivity index (χ1n) is 12.4. The van der Waals surface area contributed by atoms with E-state index < -0.39 is 104 Å². The highest BCUT2D eigenvalue weighted by Gasteiger charge is 2.31. The van der Waals surface area contributed by atoms with Crippen molar-refractivity contribution in [1.82, 2.24) is 26.6 Å². The lowest BCUT2D eigenvalue weighted by Gasteiger charge is -2.25. The van der Waals surface area contributed by atoms with Crippen LogP contribution in [0, 0.1) is 11.8 Å². The van der Waals surface area contributed by atoms with Gasteiger partial charge < -0.3 is 47.6 Å². The van der Waals surface area contributed by atoms with Crippen LogP contribution in [0.3, 0.4) is 0 Å². The highest BCUT2D eigenvalue weighted by Crippen LogP contribution is 2.09. The van der Waals surface area contributed by atoms with Crippen LogP contribution in [0.1, 0.15) is 47.0 Å². The van der Waals surface area contributed by atoms with Gasteiger partial charge in [-0.2, -0.15) is 0 Å². The van der Waals surface area contributed by atoms with Gasteiger partial charge in [0.2, 0.25) is 29.5 Å². The van der Waals surface area contributed by atoms with Crippen LogP contribution in [-0.2, 0) is 33.6 Å². The Hall–Kier alpha value is -3.79. The van der Waals surface area contributed by atoms with Gasteiger partial charge in [-0.3, -0.25) is 28.8 Å². The van der Waals surface area contributed by atoms with Crippen molar-refractivity contribution in [3.05, 3.63) is 0 Å². The number of amides is 5. The molecule has 0 rings (SSSR count). The van der Waals surface area contributed by atoms with E-state index in [0.29, 0.717) is 6.42 Å². The van der Waals surface area contributed by atoms with E-state index in [1.54, 1.807) is 27.7 Å². The highest BCUT2D eigenvalue weighted by atomic mass is 16.4. The summed E-state index contributed by atoms with van der Waals surface area (Å²) < 4.78 is 0. The molecular weight excluding hydrogens is 520 g/mol. The number of carboxylic acids is 2. The van der Waals surface area contributed by atoms with E-state index >= 15 is 0 Å². The molecule has 39 heavy (non-hydrogen) atoms. The van der Waals surface area contributed by atoms with Crippen molar-refractivity contribution in [3.63, 3.8) is 0 Å². The Labute approximate surface area is 225 Å². The normalized spacial score (nSPS) is 14.6. The molecule has 5 amide bonds. The van der Waals surface area contributed by atoms with Gasteiger partial charge >= 0.3 is 11.9 Å². The molecule has 0 radical (unpaired) electrons. The molecule has 0 aliphatic heterocycles. The predicted molar refractivity (Wildman–Crippen MR) is 136 cm³/mol. The predicted octanol–water partition coefficient (Wildman–Crippen LogP) is -3.36. The van der Waals surface area contributed by atoms with E-state index in [9.17, 15) is 43.8 Å². The Morgan fingerprint density at radius 2 is 1.33 bits per heavy atom. The van der Waals surface area contributed by atoms with Crippen LogP contribution in [0.2, 0.25) is 0 Å². The molecule has 5 unspecified atom stereocenters. The second-order valence-corrected chi connectivity index (χ2v) is 9.27. The van der Waals surface area contributed by atoms with Gasteiger partial charge in [0, 0.05) is 6.42 Å². The van der Waals surface area contributed by atoms with Crippen molar-refractivity contribution >= 4 is 41.5 Å². The molecule has 0 aliphatic carbocycles. The lowest BCUT2D eigenvalue weighted by Crippen LogP contribution is -2.58. The quantitative estimate of drug-likeness (QED) is 0.0799. The number of carbonyl (C=O) groups is 7. The average molecular weight is 561 g/mol. The van der Waals surface area contributed by atoms with Crippen LogP contribution in [-0.4, -0.2) is 101 Å². The summed E-state index contributed by atoms with van der Waals surface area (Å²) in [6.45, 7) is 4.77. The van der Waals surface area contributed by atoms with E-state index in [0.717, 1.165) is 0 Å². The molecule has 16 nitrogen and oxygen atoms in total. The Bertz CT molecular complexity index is 897. The van der Waals surface area contributed by atoms with Gasteiger partial charge in [0.15, 0.2) is 0 Å². The lowest BCUT2D eigenvalue weighted by atomic mass is 9.98. The first-order chi connectivity index (χ1) is 18.1. The zero-order valence-electron chi connectivity index (χ0n) is 22.5. The molecule has 0 saturated carbocycles. The molecule has 0 bridgehead atoms. The minimum absolute atomic E-state index is 0.159. The van der Waals surface area contributed by atoms with Crippen molar-refractivity contribution in [2.45, 2.75) is 71.1 Å². The molecule has 0 heterocycles. The van der Waals surface area contributed by atoms with Crippen LogP contribution in [0.4, 0.5) is 0 Å². The zero-order valence-corrected chi connectivity index (χ0v) is 22.5. The number of carboxylic acid groups (broad SMARTS) is 2. The molecule has 0 aromatic heterocycles. The average Bonchev–Trinajstić information content (AvgIpc) is 2.88. The molecule has 0 aromatic rings. The summed E-state index contributed by atoms with van der Waals surface area (Å²) in [6, 6.07) is -5.18. The molecule has 10 N–H and O–H groups in total. The second kappa shape index (κ2) is 17.7. The SMILES string of the molecule is CCC(C)C(NC(=O)C(CCC(=O)O)NC(=O)C(CO)NC(=O)CNC(=O)CNC(=O)C(N)C(C)C)C(=O)O. The highest BCUT2D eigenvalue weighted by molar-refractivity contribution is 5.95. The molecule has 0 aliphatic rings. The second-order valence-electron chi connectivity index (χ2n) is 9.27. The van der Waals surface area contributed by atoms with Crippen LogP contribution in [0.15, 0.2) is 0 Å². The smallest absolute Gasteiger partial charge is 0.326 e. The molecule has 0 aromatic carbocycles. The maximum atomic E-state index is 12.7. The number of aliphatic hydroxyl groups is 1. The summed E-state index contributed by atoms with van der Waals surface area (Å²) in [5, 5.41) is 39.1. The molecule has 16 heteroatoms. The third kappa shape index (κ3) is 13.5. The summed E-state index contributed by atoms with van der Waals surface area (Å²) in [5.41, 5.74) is 5.66. The van der Waals surface area contributed by atoms with E-state index in [-0.39, 0.29) is 5.92 Å². The lowest BCUT2D eigenvalue weighted by molar-refractivity contribution is -0.144. The van der Waals surface area contributed by atoms with Crippen molar-refractivity contribution in [2.24, 2.45) is 17.6 Å². The van der Waals surface area contributed by atoms with Gasteiger partial charge in [-0.05, 0) is 18.3 Å². The Morgan fingerprint density at radius 1 is 0.769 bits per heavy atom. The Balaban J connectivity index is 5.11. The molecule has 5 atom stereocenters. The largest absolute Gasteiger partial charge is 0.481 e. The topological polar surface area (TPSA) is 266 Å². The zero-order chi connectivity index (χ0) is 30.3. The number of aliphatic carboxylic acids is 2. The van der Waals surface area contributed by atoms with Crippen LogP contribution in [0.5, 0.6) is 0 Å². The summed E-state index contributed by atoms with van der Waals surface area (Å²) in [4.78, 5) is 83.7. The van der Waals surface area contributed by atoms with Crippen molar-refractivity contribution in [1.29, 1.82) is 0 Å². The van der Waals surface area contributed by atoms with E-state index in [1.807, 2.05) is 0 Å². The standard InChI is InChI=1S/C23H40N6O10/c1-5-12(4)19(23(38)39)29-20(35)13(6-7-17(33)34)28-21(36)14(10-30)27-16(32)9-25-15(31)8-26-22(37)18(24)11(2)3/h11-14,18-19,30H,5-10,24H2,1-4H3,(H,25,31)(H,26,37)(H,27,32)(H,28,36)(H,29,35)(H,33,34)(H,38,39). The van der Waals surface area contributed by atoms with Crippen molar-refractivity contribution < 1.29 is 48.9 Å². The molecule has 0 spiro atoms. The number of nitrogens with two attached hydrogens (primary N) is 1. The third-order valence-corrected chi connectivity index (χ3v) is 5.78. The van der Waals surface area contributed by atoms with Gasteiger partial charge in [0.05, 0.1) is 25.7 Å². The fourth-order valence-corrected chi connectivity index (χ4v) is 3.01. The van der Waals surface area contributed by atoms with Gasteiger partial charge in [-0.1, -0.05) is 34.1 Å². The third-order valence-electron chi connectivity index (χ3n) is 5.78. The number of nitrogens with one attached hydrogen (secondary N) is 5. The fourth-order valence-electron chi connectivity index (χ4n) is 3.01. The van der Waals surface area contributed by atoms with Gasteiger partial charge in [-0.25, -0.2) is 4.79 Å². The summed E-state index contributed by atoms with van der Waals surface area (Å²) in [5.74, 6) is -7.39. The molecular formula is C23H40N6O10. The molecule has 0 fully saturated rings. The van der Waals surface area contributed by atoms with Gasteiger partial charge in [0.25, 0.3) is 0 Å². The van der Waals surface area contributed by atoms with Crippen LogP contribution in [0.25, 0.3) is 0 Å². The van der Waals surface area contributed by atoms with Crippen molar-refractivity contribution in [3.8, 4) is 0 Å². The number of aliphatic hydroxyl groups excluding tert-OH is 1. The Morgan fingerprint density at radius 3 is 1.82 bits per heavy atom. The number of hydrogen-bond donors (Lipinski definition) is 9. The summed E-state index contributed by atoms with van der Waals surface area (Å²) in [6.07, 6.45) is -0.523. The fraction of sp³-hybridized carbons (Fsp3) is 0.696. The van der Waals surface area contributed by atoms with E-state index in [4.69, 9.17) is 10.8 Å². The first kappa shape index (κ1) is 35.2. The van der Waals surface area contributed by atoms with Crippen LogP contribution >= 0.6 is 0 Å². The summed E-state index contributed by atoms with van der Waals surface area (Å²) in [7, 11) is 0. The van der Waals surface area contributed by atoms with E-state index in [1.165, 1.54) is 0 Å².